The third-order valence-corrected chi connectivity index (χ3v) is 6.09. The highest BCUT2D eigenvalue weighted by atomic mass is 79.9. The standard InChI is InChI=1S/C20H19BrN2OS2/c1-4-13-5-8-15(9-6-13)23-19(24)18(26-20(23)25)12-14-7-10-17(22(2)3)16(21)11-14/h5-12H,4H2,1-3H3. The van der Waals surface area contributed by atoms with Gasteiger partial charge >= 0.3 is 0 Å². The van der Waals surface area contributed by atoms with Crippen LogP contribution in [0.25, 0.3) is 6.08 Å². The summed E-state index contributed by atoms with van der Waals surface area (Å²) >= 11 is 10.4. The Labute approximate surface area is 172 Å². The summed E-state index contributed by atoms with van der Waals surface area (Å²) in [5.41, 5.74) is 4.10. The molecule has 1 fully saturated rings. The van der Waals surface area contributed by atoms with Crippen molar-refractivity contribution in [1.29, 1.82) is 0 Å². The Balaban J connectivity index is 1.88. The highest BCUT2D eigenvalue weighted by molar-refractivity contribution is 9.10. The van der Waals surface area contributed by atoms with Crippen molar-refractivity contribution in [3.05, 3.63) is 63.0 Å². The van der Waals surface area contributed by atoms with E-state index in [1.54, 1.807) is 4.90 Å². The second kappa shape index (κ2) is 7.94. The molecule has 134 valence electrons. The molecule has 0 unspecified atom stereocenters. The molecular weight excluding hydrogens is 428 g/mol. The molecule has 2 aromatic rings. The Morgan fingerprint density at radius 2 is 1.88 bits per heavy atom. The number of amides is 1. The summed E-state index contributed by atoms with van der Waals surface area (Å²) in [7, 11) is 3.99. The van der Waals surface area contributed by atoms with Crippen LogP contribution in [0.15, 0.2) is 51.8 Å². The number of hydrogen-bond donors (Lipinski definition) is 0. The van der Waals surface area contributed by atoms with Crippen molar-refractivity contribution in [2.45, 2.75) is 13.3 Å². The highest BCUT2D eigenvalue weighted by Gasteiger charge is 2.33. The summed E-state index contributed by atoms with van der Waals surface area (Å²) in [6.45, 7) is 2.11. The lowest BCUT2D eigenvalue weighted by Crippen LogP contribution is -2.27. The van der Waals surface area contributed by atoms with E-state index in [9.17, 15) is 4.79 Å². The minimum Gasteiger partial charge on any atom is -0.377 e. The normalized spacial score (nSPS) is 15.8. The number of hydrogen-bond acceptors (Lipinski definition) is 4. The minimum atomic E-state index is -0.0722. The van der Waals surface area contributed by atoms with Gasteiger partial charge in [-0.1, -0.05) is 49.1 Å². The van der Waals surface area contributed by atoms with E-state index in [1.807, 2.05) is 67.5 Å². The van der Waals surface area contributed by atoms with Gasteiger partial charge in [-0.2, -0.15) is 0 Å². The van der Waals surface area contributed by atoms with Gasteiger partial charge in [0.2, 0.25) is 0 Å². The van der Waals surface area contributed by atoms with E-state index < -0.39 is 0 Å². The van der Waals surface area contributed by atoms with E-state index in [-0.39, 0.29) is 5.91 Å². The number of nitrogens with zero attached hydrogens (tertiary/aromatic N) is 2. The fraction of sp³-hybridized carbons (Fsp3) is 0.200. The van der Waals surface area contributed by atoms with Crippen LogP contribution in [0.1, 0.15) is 18.1 Å². The summed E-state index contributed by atoms with van der Waals surface area (Å²) in [4.78, 5) is 17.1. The fourth-order valence-electron chi connectivity index (χ4n) is 2.70. The molecule has 0 N–H and O–H groups in total. The molecule has 1 amide bonds. The Kier molecular flexibility index (Phi) is 5.85. The molecular formula is C20H19BrN2OS2. The van der Waals surface area contributed by atoms with E-state index >= 15 is 0 Å². The lowest BCUT2D eigenvalue weighted by Gasteiger charge is -2.15. The van der Waals surface area contributed by atoms with Crippen molar-refractivity contribution in [2.24, 2.45) is 0 Å². The number of thiocarbonyl (C=S) groups is 1. The van der Waals surface area contributed by atoms with Crippen molar-refractivity contribution < 1.29 is 4.79 Å². The number of carbonyl (C=O) groups excluding carboxylic acids is 1. The first-order valence-electron chi connectivity index (χ1n) is 8.24. The van der Waals surface area contributed by atoms with Crippen LogP contribution in [0.5, 0.6) is 0 Å². The number of halogens is 1. The first-order valence-corrected chi connectivity index (χ1v) is 10.3. The third-order valence-electron chi connectivity index (χ3n) is 4.15. The van der Waals surface area contributed by atoms with Gasteiger partial charge in [-0.25, -0.2) is 0 Å². The van der Waals surface area contributed by atoms with E-state index in [0.717, 1.165) is 27.8 Å². The summed E-state index contributed by atoms with van der Waals surface area (Å²) in [6, 6.07) is 14.0. The van der Waals surface area contributed by atoms with Crippen LogP contribution in [0.2, 0.25) is 0 Å². The molecule has 1 saturated heterocycles. The SMILES string of the molecule is CCc1ccc(N2C(=O)C(=Cc3ccc(N(C)C)c(Br)c3)SC2=S)cc1. The molecule has 0 aliphatic carbocycles. The van der Waals surface area contributed by atoms with Crippen molar-refractivity contribution in [3.63, 3.8) is 0 Å². The molecule has 0 aromatic heterocycles. The summed E-state index contributed by atoms with van der Waals surface area (Å²) < 4.78 is 1.55. The zero-order chi connectivity index (χ0) is 18.8. The first kappa shape index (κ1) is 19.1. The average Bonchev–Trinajstić information content (AvgIpc) is 2.88. The Morgan fingerprint density at radius 1 is 1.19 bits per heavy atom. The topological polar surface area (TPSA) is 23.6 Å². The molecule has 0 spiro atoms. The number of anilines is 2. The molecule has 6 heteroatoms. The summed E-state index contributed by atoms with van der Waals surface area (Å²) in [5.74, 6) is -0.0722. The van der Waals surface area contributed by atoms with Crippen molar-refractivity contribution in [1.82, 2.24) is 0 Å². The molecule has 0 bridgehead atoms. The van der Waals surface area contributed by atoms with Gasteiger partial charge < -0.3 is 4.90 Å². The van der Waals surface area contributed by atoms with Gasteiger partial charge in [-0.3, -0.25) is 9.69 Å². The maximum absolute atomic E-state index is 12.9. The second-order valence-electron chi connectivity index (χ2n) is 6.14. The van der Waals surface area contributed by atoms with Crippen molar-refractivity contribution in [3.8, 4) is 0 Å². The summed E-state index contributed by atoms with van der Waals surface area (Å²) in [6.07, 6.45) is 2.86. The van der Waals surface area contributed by atoms with E-state index in [0.29, 0.717) is 9.23 Å². The molecule has 3 nitrogen and oxygen atoms in total. The van der Waals surface area contributed by atoms with E-state index in [1.165, 1.54) is 17.3 Å². The van der Waals surface area contributed by atoms with Crippen LogP contribution in [-0.4, -0.2) is 24.3 Å². The maximum Gasteiger partial charge on any atom is 0.270 e. The number of rotatable bonds is 4. The van der Waals surface area contributed by atoms with Gasteiger partial charge in [0.15, 0.2) is 4.32 Å². The van der Waals surface area contributed by atoms with Crippen LogP contribution in [-0.2, 0) is 11.2 Å². The van der Waals surface area contributed by atoms with Crippen molar-refractivity contribution >= 4 is 67.6 Å². The van der Waals surface area contributed by atoms with E-state index in [4.69, 9.17) is 12.2 Å². The molecule has 1 aliphatic heterocycles. The maximum atomic E-state index is 12.9. The average molecular weight is 447 g/mol. The highest BCUT2D eigenvalue weighted by Crippen LogP contribution is 2.37. The Hall–Kier alpha value is -1.63. The van der Waals surface area contributed by atoms with Crippen LogP contribution in [0.3, 0.4) is 0 Å². The van der Waals surface area contributed by atoms with Gasteiger partial charge in [0.25, 0.3) is 5.91 Å². The van der Waals surface area contributed by atoms with Gasteiger partial charge in [-0.15, -0.1) is 0 Å². The summed E-state index contributed by atoms with van der Waals surface area (Å²) in [5, 5.41) is 0. The van der Waals surface area contributed by atoms with Gasteiger partial charge in [0, 0.05) is 18.6 Å². The second-order valence-corrected chi connectivity index (χ2v) is 8.67. The number of benzene rings is 2. The zero-order valence-corrected chi connectivity index (χ0v) is 18.0. The molecule has 0 atom stereocenters. The predicted octanol–water partition coefficient (Wildman–Crippen LogP) is 5.48. The smallest absolute Gasteiger partial charge is 0.270 e. The van der Waals surface area contributed by atoms with Gasteiger partial charge in [0.05, 0.1) is 16.3 Å². The van der Waals surface area contributed by atoms with Crippen LogP contribution in [0.4, 0.5) is 11.4 Å². The molecule has 0 saturated carbocycles. The van der Waals surface area contributed by atoms with Crippen molar-refractivity contribution in [2.75, 3.05) is 23.9 Å². The van der Waals surface area contributed by atoms with Crippen LogP contribution >= 0.6 is 39.9 Å². The molecule has 1 aliphatic rings. The molecule has 3 rings (SSSR count). The molecule has 26 heavy (non-hydrogen) atoms. The molecule has 0 radical (unpaired) electrons. The van der Waals surface area contributed by atoms with Gasteiger partial charge in [0.1, 0.15) is 0 Å². The minimum absolute atomic E-state index is 0.0722. The lowest BCUT2D eigenvalue weighted by molar-refractivity contribution is -0.113. The monoisotopic (exact) mass is 446 g/mol. The van der Waals surface area contributed by atoms with Crippen LogP contribution in [0, 0.1) is 0 Å². The zero-order valence-electron chi connectivity index (χ0n) is 14.8. The molecule has 1 heterocycles. The number of aryl methyl sites for hydroxylation is 1. The first-order chi connectivity index (χ1) is 12.4. The molecule has 2 aromatic carbocycles. The van der Waals surface area contributed by atoms with E-state index in [2.05, 4.69) is 22.9 Å². The third kappa shape index (κ3) is 3.87. The Bertz CT molecular complexity index is 891. The van der Waals surface area contributed by atoms with Gasteiger partial charge in [-0.05, 0) is 63.8 Å². The number of carbonyl (C=O) groups is 1. The lowest BCUT2D eigenvalue weighted by atomic mass is 10.1. The largest absolute Gasteiger partial charge is 0.377 e. The van der Waals surface area contributed by atoms with Crippen LogP contribution < -0.4 is 9.80 Å². The Morgan fingerprint density at radius 3 is 2.46 bits per heavy atom. The predicted molar refractivity (Wildman–Crippen MR) is 120 cm³/mol. The fourth-order valence-corrected chi connectivity index (χ4v) is 4.75. The number of thioether (sulfide) groups is 1. The quantitative estimate of drug-likeness (QED) is 0.457.